The number of alkyl halides is 1. The van der Waals surface area contributed by atoms with Crippen LogP contribution >= 0.6 is 0 Å². The number of ether oxygens (including phenoxy) is 2. The number of benzene rings is 2. The maximum absolute atomic E-state index is 16.9. The van der Waals surface area contributed by atoms with Crippen LogP contribution in [0.15, 0.2) is 48.7 Å². The van der Waals surface area contributed by atoms with Crippen molar-refractivity contribution < 1.29 is 31.8 Å². The molecule has 1 amide bonds. The Morgan fingerprint density at radius 1 is 1.05 bits per heavy atom. The first-order valence-electron chi connectivity index (χ1n) is 19.3. The molecule has 0 aliphatic carbocycles. The molecular weight excluding hydrogens is 728 g/mol. The molecule has 8 rings (SSSR count). The quantitative estimate of drug-likeness (QED) is 0.153. The van der Waals surface area contributed by atoms with Crippen LogP contribution in [0, 0.1) is 28.8 Å². The Kier molecular flexibility index (Phi) is 10.6. The maximum Gasteiger partial charge on any atom is 0.319 e. The second kappa shape index (κ2) is 15.6. The average molecular weight is 773 g/mol. The van der Waals surface area contributed by atoms with Crippen LogP contribution in [0.1, 0.15) is 39.5 Å². The van der Waals surface area contributed by atoms with Crippen LogP contribution in [-0.4, -0.2) is 124 Å². The van der Waals surface area contributed by atoms with Crippen molar-refractivity contribution in [1.29, 1.82) is 5.26 Å². The molecule has 0 bridgehead atoms. The van der Waals surface area contributed by atoms with Gasteiger partial charge in [0.2, 0.25) is 5.91 Å². The van der Waals surface area contributed by atoms with Crippen molar-refractivity contribution in [2.75, 3.05) is 63.9 Å². The number of hydrogen-bond donors (Lipinski definition) is 0. The summed E-state index contributed by atoms with van der Waals surface area (Å²) in [7, 11) is 0. The normalized spacial score (nSPS) is 26.0. The first-order chi connectivity index (χ1) is 27.0. The van der Waals surface area contributed by atoms with Crippen molar-refractivity contribution in [3.63, 3.8) is 0 Å². The van der Waals surface area contributed by atoms with E-state index in [0.29, 0.717) is 31.4 Å². The SMILES string of the molecule is C[C@@H]1CN(C/C=C/C(=O)N2CCN(c3nc(OC[C@@]45CCCN4C[C@H](F)C5)nc4c(F)c(-c5cccc6ccc(F)c(F)c56)ncc34)C[C@@H]2CC#N)C[C@H](C)O1. The predicted molar refractivity (Wildman–Crippen MR) is 202 cm³/mol. The van der Waals surface area contributed by atoms with Crippen LogP contribution in [0.3, 0.4) is 0 Å². The number of hydrogen-bond acceptors (Lipinski definition) is 10. The van der Waals surface area contributed by atoms with Gasteiger partial charge in [-0.3, -0.25) is 19.6 Å². The van der Waals surface area contributed by atoms with E-state index in [2.05, 4.69) is 25.8 Å². The van der Waals surface area contributed by atoms with Crippen molar-refractivity contribution >= 4 is 33.4 Å². The second-order valence-corrected chi connectivity index (χ2v) is 15.5. The lowest BCUT2D eigenvalue weighted by atomic mass is 9.95. The van der Waals surface area contributed by atoms with Crippen LogP contribution < -0.4 is 9.64 Å². The number of fused-ring (bicyclic) bond motifs is 3. The summed E-state index contributed by atoms with van der Waals surface area (Å²) in [6.45, 7) is 8.10. The van der Waals surface area contributed by atoms with E-state index in [1.807, 2.05) is 24.8 Å². The Morgan fingerprint density at radius 3 is 2.68 bits per heavy atom. The lowest BCUT2D eigenvalue weighted by Gasteiger charge is -2.41. The number of carbonyl (C=O) groups is 1. The molecule has 11 nitrogen and oxygen atoms in total. The molecule has 5 atom stereocenters. The summed E-state index contributed by atoms with van der Waals surface area (Å²) in [5.41, 5.74) is -0.858. The van der Waals surface area contributed by atoms with Gasteiger partial charge < -0.3 is 19.3 Å². The number of carbonyl (C=O) groups excluding carboxylic acids is 1. The molecule has 294 valence electrons. The zero-order valence-electron chi connectivity index (χ0n) is 31.4. The van der Waals surface area contributed by atoms with Crippen molar-refractivity contribution in [2.24, 2.45) is 0 Å². The van der Waals surface area contributed by atoms with E-state index in [9.17, 15) is 18.8 Å². The lowest BCUT2D eigenvalue weighted by molar-refractivity contribution is -0.128. The predicted octanol–water partition coefficient (Wildman–Crippen LogP) is 5.81. The van der Waals surface area contributed by atoms with Gasteiger partial charge in [0, 0.05) is 75.5 Å². The molecule has 4 aliphatic heterocycles. The van der Waals surface area contributed by atoms with Crippen molar-refractivity contribution in [2.45, 2.75) is 69.5 Å². The minimum absolute atomic E-state index is 0.0453. The Morgan fingerprint density at radius 2 is 1.88 bits per heavy atom. The van der Waals surface area contributed by atoms with Gasteiger partial charge in [-0.2, -0.15) is 15.2 Å². The molecule has 0 spiro atoms. The Hall–Kier alpha value is -4.91. The largest absolute Gasteiger partial charge is 0.461 e. The standard InChI is InChI=1S/C41H44F4N8O3/c1-25-20-50(21-26(2)56-25)14-4-8-33(54)53-17-16-51(23-29(53)11-13-46)39-31-19-47-37(30-7-3-6-27-9-10-32(43)35(44)34(27)30)36(45)38(31)48-40(49-39)55-24-41-12-5-15-52(41)22-28(42)18-41/h3-4,6-10,19,25-26,28-29H,5,11-12,14-18,20-24H2,1-2H3/b8-4+/t25-,26+,28-,29+,41+/m1/s1. The summed E-state index contributed by atoms with van der Waals surface area (Å²) < 4.78 is 73.3. The van der Waals surface area contributed by atoms with E-state index in [1.165, 1.54) is 18.3 Å². The van der Waals surface area contributed by atoms with Crippen molar-refractivity contribution in [3.05, 3.63) is 66.1 Å². The van der Waals surface area contributed by atoms with Gasteiger partial charge in [-0.1, -0.05) is 30.3 Å². The first kappa shape index (κ1) is 38.0. The second-order valence-electron chi connectivity index (χ2n) is 15.5. The van der Waals surface area contributed by atoms with Gasteiger partial charge in [-0.15, -0.1) is 0 Å². The number of piperazine rings is 1. The van der Waals surface area contributed by atoms with Crippen LogP contribution in [0.4, 0.5) is 23.4 Å². The topological polar surface area (TPSA) is 111 Å². The molecule has 4 saturated heterocycles. The van der Waals surface area contributed by atoms with Gasteiger partial charge in [-0.25, -0.2) is 17.6 Å². The highest BCUT2D eigenvalue weighted by molar-refractivity contribution is 5.99. The number of morpholine rings is 1. The summed E-state index contributed by atoms with van der Waals surface area (Å²) in [5, 5.41) is 10.3. The van der Waals surface area contributed by atoms with Crippen LogP contribution in [0.2, 0.25) is 0 Å². The van der Waals surface area contributed by atoms with Gasteiger partial charge >= 0.3 is 6.01 Å². The molecule has 15 heteroatoms. The molecule has 4 fully saturated rings. The van der Waals surface area contributed by atoms with E-state index in [0.717, 1.165) is 38.5 Å². The van der Waals surface area contributed by atoms with Crippen LogP contribution in [0.25, 0.3) is 32.9 Å². The van der Waals surface area contributed by atoms with Gasteiger partial charge in [0.1, 0.15) is 29.8 Å². The third kappa shape index (κ3) is 7.26. The van der Waals surface area contributed by atoms with Gasteiger partial charge in [0.25, 0.3) is 0 Å². The third-order valence-electron chi connectivity index (χ3n) is 11.6. The summed E-state index contributed by atoms with van der Waals surface area (Å²) in [6.07, 6.45) is 6.00. The number of anilines is 1. The molecule has 0 radical (unpaired) electrons. The number of pyridine rings is 1. The first-order valence-corrected chi connectivity index (χ1v) is 19.3. The number of nitrogens with zero attached hydrogens (tertiary/aromatic N) is 8. The summed E-state index contributed by atoms with van der Waals surface area (Å²) in [4.78, 5) is 35.1. The van der Waals surface area contributed by atoms with E-state index in [1.54, 1.807) is 23.1 Å². The number of rotatable bonds is 9. The molecule has 56 heavy (non-hydrogen) atoms. The van der Waals surface area contributed by atoms with E-state index >= 15 is 8.78 Å². The number of halogens is 4. The molecular formula is C41H44F4N8O3. The highest BCUT2D eigenvalue weighted by Gasteiger charge is 2.49. The van der Waals surface area contributed by atoms with E-state index in [4.69, 9.17) is 14.5 Å². The zero-order chi connectivity index (χ0) is 39.1. The Bertz CT molecular complexity index is 2210. The number of aromatic nitrogens is 3. The smallest absolute Gasteiger partial charge is 0.319 e. The molecule has 4 aliphatic rings. The summed E-state index contributed by atoms with van der Waals surface area (Å²) >= 11 is 0. The Balaban J connectivity index is 1.12. The molecule has 0 saturated carbocycles. The minimum atomic E-state index is -1.12. The fraction of sp³-hybridized carbons (Fsp3) is 0.488. The maximum atomic E-state index is 16.9. The summed E-state index contributed by atoms with van der Waals surface area (Å²) in [5.74, 6) is -3.00. The number of nitriles is 1. The highest BCUT2D eigenvalue weighted by Crippen LogP contribution is 2.41. The Labute approximate surface area is 322 Å². The monoisotopic (exact) mass is 772 g/mol. The minimum Gasteiger partial charge on any atom is -0.461 e. The lowest BCUT2D eigenvalue weighted by Crippen LogP contribution is -2.55. The summed E-state index contributed by atoms with van der Waals surface area (Å²) in [6, 6.07) is 8.69. The van der Waals surface area contributed by atoms with Crippen LogP contribution in [0.5, 0.6) is 6.01 Å². The van der Waals surface area contributed by atoms with Gasteiger partial charge in [-0.05, 0) is 44.7 Å². The fourth-order valence-corrected chi connectivity index (χ4v) is 9.12. The average Bonchev–Trinajstić information content (AvgIpc) is 3.70. The van der Waals surface area contributed by atoms with Crippen molar-refractivity contribution in [3.8, 4) is 23.3 Å². The molecule has 6 heterocycles. The molecule has 0 N–H and O–H groups in total. The van der Waals surface area contributed by atoms with Crippen molar-refractivity contribution in [1.82, 2.24) is 29.7 Å². The molecule has 2 aromatic carbocycles. The van der Waals surface area contributed by atoms with Crippen LogP contribution in [-0.2, 0) is 9.53 Å². The zero-order valence-corrected chi connectivity index (χ0v) is 31.4. The fourth-order valence-electron chi connectivity index (χ4n) is 9.12. The molecule has 0 unspecified atom stereocenters. The number of amides is 1. The van der Waals surface area contributed by atoms with E-state index < -0.39 is 35.2 Å². The highest BCUT2D eigenvalue weighted by atomic mass is 19.2. The van der Waals surface area contributed by atoms with Gasteiger partial charge in [0.05, 0.1) is 41.7 Å². The third-order valence-corrected chi connectivity index (χ3v) is 11.6. The van der Waals surface area contributed by atoms with Gasteiger partial charge in [0.15, 0.2) is 17.5 Å². The molecule has 2 aromatic heterocycles. The molecule has 4 aromatic rings. The van der Waals surface area contributed by atoms with E-state index in [-0.39, 0.29) is 83.6 Å².